The summed E-state index contributed by atoms with van der Waals surface area (Å²) in [6.07, 6.45) is 4.52. The van der Waals surface area contributed by atoms with Crippen molar-refractivity contribution in [2.45, 2.75) is 4.90 Å². The molecule has 3 rings (SSSR count). The summed E-state index contributed by atoms with van der Waals surface area (Å²) in [5, 5.41) is 0. The fraction of sp³-hybridized carbons (Fsp3) is 0.0667. The summed E-state index contributed by atoms with van der Waals surface area (Å²) >= 11 is 3.26. The molecule has 0 amide bonds. The number of aromatic amines is 1. The number of rotatable bonds is 5. The maximum atomic E-state index is 12.5. The van der Waals surface area contributed by atoms with Gasteiger partial charge in [-0.3, -0.25) is 9.71 Å². The Kier molecular flexibility index (Phi) is 4.54. The second-order valence-electron chi connectivity index (χ2n) is 4.77. The second kappa shape index (κ2) is 6.62. The van der Waals surface area contributed by atoms with Crippen molar-refractivity contribution in [3.8, 4) is 17.1 Å². The zero-order valence-corrected chi connectivity index (χ0v) is 14.9. The molecule has 7 nitrogen and oxygen atoms in total. The molecule has 0 atom stereocenters. The summed E-state index contributed by atoms with van der Waals surface area (Å²) in [6, 6.07) is 8.54. The molecule has 0 unspecified atom stereocenters. The number of anilines is 1. The molecular weight excluding hydrogens is 396 g/mol. The highest BCUT2D eigenvalue weighted by Gasteiger charge is 2.20. The minimum Gasteiger partial charge on any atom is -0.493 e. The molecule has 124 valence electrons. The average molecular weight is 409 g/mol. The third kappa shape index (κ3) is 3.41. The molecular formula is C15H13BrN4O3S. The minimum absolute atomic E-state index is 0.0786. The van der Waals surface area contributed by atoms with Crippen LogP contribution < -0.4 is 9.46 Å². The molecule has 2 N–H and O–H groups in total. The first kappa shape index (κ1) is 16.5. The molecule has 0 fully saturated rings. The monoisotopic (exact) mass is 408 g/mol. The van der Waals surface area contributed by atoms with E-state index in [9.17, 15) is 8.42 Å². The number of halogens is 1. The van der Waals surface area contributed by atoms with E-state index in [4.69, 9.17) is 4.74 Å². The van der Waals surface area contributed by atoms with Gasteiger partial charge in [0, 0.05) is 23.1 Å². The SMILES string of the molecule is COc1cc(Br)cnc1NS(=O)(=O)c1c[nH]c(-c2ccccn2)c1. The Morgan fingerprint density at radius 2 is 2.08 bits per heavy atom. The summed E-state index contributed by atoms with van der Waals surface area (Å²) in [7, 11) is -2.37. The van der Waals surface area contributed by atoms with Crippen molar-refractivity contribution in [1.82, 2.24) is 15.0 Å². The molecule has 0 bridgehead atoms. The first-order valence-electron chi connectivity index (χ1n) is 6.82. The van der Waals surface area contributed by atoms with E-state index >= 15 is 0 Å². The number of pyridine rings is 2. The lowest BCUT2D eigenvalue weighted by molar-refractivity contribution is 0.415. The Morgan fingerprint density at radius 1 is 1.25 bits per heavy atom. The maximum absolute atomic E-state index is 12.5. The van der Waals surface area contributed by atoms with E-state index in [0.717, 1.165) is 0 Å². The number of aromatic nitrogens is 3. The van der Waals surface area contributed by atoms with Crippen LogP contribution in [0.3, 0.4) is 0 Å². The molecule has 3 aromatic heterocycles. The topological polar surface area (TPSA) is 97.0 Å². The van der Waals surface area contributed by atoms with Gasteiger partial charge >= 0.3 is 0 Å². The summed E-state index contributed by atoms with van der Waals surface area (Å²) in [4.78, 5) is 11.2. The number of sulfonamides is 1. The van der Waals surface area contributed by atoms with Crippen LogP contribution in [0.2, 0.25) is 0 Å². The number of hydrogen-bond acceptors (Lipinski definition) is 5. The van der Waals surface area contributed by atoms with Gasteiger partial charge in [-0.25, -0.2) is 13.4 Å². The van der Waals surface area contributed by atoms with Crippen LogP contribution in [0, 0.1) is 0 Å². The summed E-state index contributed by atoms with van der Waals surface area (Å²) < 4.78 is 33.3. The Balaban J connectivity index is 1.91. The highest BCUT2D eigenvalue weighted by molar-refractivity contribution is 9.10. The van der Waals surface area contributed by atoms with Crippen LogP contribution >= 0.6 is 15.9 Å². The van der Waals surface area contributed by atoms with Crippen LogP contribution in [0.1, 0.15) is 0 Å². The number of nitrogens with zero attached hydrogens (tertiary/aromatic N) is 2. The standard InChI is InChI=1S/C15H13BrN4O3S/c1-23-14-6-10(16)8-19-15(14)20-24(21,22)11-7-13(18-9-11)12-4-2-3-5-17-12/h2-9,18H,1H3,(H,19,20). The second-order valence-corrected chi connectivity index (χ2v) is 7.37. The van der Waals surface area contributed by atoms with Crippen LogP contribution in [-0.2, 0) is 10.0 Å². The first-order chi connectivity index (χ1) is 11.5. The van der Waals surface area contributed by atoms with E-state index in [-0.39, 0.29) is 10.7 Å². The summed E-state index contributed by atoms with van der Waals surface area (Å²) in [6.45, 7) is 0. The zero-order chi connectivity index (χ0) is 17.2. The van der Waals surface area contributed by atoms with Crippen molar-refractivity contribution in [3.63, 3.8) is 0 Å². The smallest absolute Gasteiger partial charge is 0.264 e. The molecule has 9 heteroatoms. The third-order valence-electron chi connectivity index (χ3n) is 3.18. The van der Waals surface area contributed by atoms with E-state index in [1.807, 2.05) is 6.07 Å². The molecule has 0 aromatic carbocycles. The highest BCUT2D eigenvalue weighted by Crippen LogP contribution is 2.28. The molecule has 0 aliphatic carbocycles. The molecule has 0 saturated carbocycles. The quantitative estimate of drug-likeness (QED) is 0.675. The van der Waals surface area contributed by atoms with Crippen molar-refractivity contribution in [2.24, 2.45) is 0 Å². The van der Waals surface area contributed by atoms with Crippen LogP contribution in [0.5, 0.6) is 5.75 Å². The molecule has 3 aromatic rings. The van der Waals surface area contributed by atoms with Crippen molar-refractivity contribution >= 4 is 31.8 Å². The Labute approximate surface area is 147 Å². The fourth-order valence-electron chi connectivity index (χ4n) is 2.04. The third-order valence-corrected chi connectivity index (χ3v) is 4.93. The molecule has 0 aliphatic rings. The predicted octanol–water partition coefficient (Wildman–Crippen LogP) is 3.04. The highest BCUT2D eigenvalue weighted by atomic mass is 79.9. The molecule has 0 radical (unpaired) electrons. The van der Waals surface area contributed by atoms with Crippen LogP contribution in [0.4, 0.5) is 5.82 Å². The van der Waals surface area contributed by atoms with Crippen LogP contribution in [0.25, 0.3) is 11.4 Å². The van der Waals surface area contributed by atoms with Gasteiger partial charge in [0.1, 0.15) is 4.90 Å². The van der Waals surface area contributed by atoms with Gasteiger partial charge in [-0.1, -0.05) is 6.07 Å². The Morgan fingerprint density at radius 3 is 2.79 bits per heavy atom. The first-order valence-corrected chi connectivity index (χ1v) is 9.09. The Bertz CT molecular complexity index is 958. The van der Waals surface area contributed by atoms with Crippen molar-refractivity contribution in [1.29, 1.82) is 0 Å². The lowest BCUT2D eigenvalue weighted by Crippen LogP contribution is -2.14. The average Bonchev–Trinajstić information content (AvgIpc) is 3.08. The summed E-state index contributed by atoms with van der Waals surface area (Å²) in [5.41, 5.74) is 1.25. The number of hydrogen-bond donors (Lipinski definition) is 2. The van der Waals surface area contributed by atoms with Crippen molar-refractivity contribution < 1.29 is 13.2 Å². The van der Waals surface area contributed by atoms with Crippen LogP contribution in [-0.4, -0.2) is 30.5 Å². The van der Waals surface area contributed by atoms with Gasteiger partial charge < -0.3 is 9.72 Å². The molecule has 3 heterocycles. The largest absolute Gasteiger partial charge is 0.493 e. The van der Waals surface area contributed by atoms with E-state index in [1.165, 1.54) is 25.6 Å². The number of ether oxygens (including phenoxy) is 1. The minimum atomic E-state index is -3.81. The van der Waals surface area contributed by atoms with Gasteiger partial charge in [0.2, 0.25) is 0 Å². The van der Waals surface area contributed by atoms with Gasteiger partial charge in [-0.15, -0.1) is 0 Å². The maximum Gasteiger partial charge on any atom is 0.264 e. The normalized spacial score (nSPS) is 11.2. The Hall–Kier alpha value is -2.39. The van der Waals surface area contributed by atoms with Crippen molar-refractivity contribution in [3.05, 3.63) is 53.4 Å². The molecule has 24 heavy (non-hydrogen) atoms. The van der Waals surface area contributed by atoms with Gasteiger partial charge in [-0.2, -0.15) is 0 Å². The van der Waals surface area contributed by atoms with Gasteiger partial charge in [0.15, 0.2) is 11.6 Å². The van der Waals surface area contributed by atoms with Gasteiger partial charge in [0.05, 0.1) is 18.5 Å². The zero-order valence-electron chi connectivity index (χ0n) is 12.5. The lowest BCUT2D eigenvalue weighted by Gasteiger charge is -2.10. The van der Waals surface area contributed by atoms with E-state index < -0.39 is 10.0 Å². The number of nitrogens with one attached hydrogen (secondary N) is 2. The fourth-order valence-corrected chi connectivity index (χ4v) is 3.36. The number of H-pyrrole nitrogens is 1. The van der Waals surface area contributed by atoms with Crippen LogP contribution in [0.15, 0.2) is 58.3 Å². The van der Waals surface area contributed by atoms with E-state index in [1.54, 1.807) is 24.4 Å². The van der Waals surface area contributed by atoms with E-state index in [2.05, 4.69) is 35.6 Å². The lowest BCUT2D eigenvalue weighted by atomic mass is 10.3. The van der Waals surface area contributed by atoms with Gasteiger partial charge in [0.25, 0.3) is 10.0 Å². The molecule has 0 aliphatic heterocycles. The summed E-state index contributed by atoms with van der Waals surface area (Å²) in [5.74, 6) is 0.426. The predicted molar refractivity (Wildman–Crippen MR) is 93.3 cm³/mol. The van der Waals surface area contributed by atoms with Crippen molar-refractivity contribution in [2.75, 3.05) is 11.8 Å². The van der Waals surface area contributed by atoms with E-state index in [0.29, 0.717) is 21.6 Å². The molecule has 0 saturated heterocycles. The molecule has 0 spiro atoms. The van der Waals surface area contributed by atoms with Gasteiger partial charge in [-0.05, 0) is 40.2 Å². The number of methoxy groups -OCH3 is 1.